The highest BCUT2D eigenvalue weighted by molar-refractivity contribution is 9.11. The van der Waals surface area contributed by atoms with Crippen molar-refractivity contribution in [2.24, 2.45) is 5.92 Å². The van der Waals surface area contributed by atoms with Crippen LogP contribution >= 0.6 is 15.9 Å². The van der Waals surface area contributed by atoms with Crippen molar-refractivity contribution in [3.63, 3.8) is 0 Å². The van der Waals surface area contributed by atoms with Crippen molar-refractivity contribution in [3.05, 3.63) is 34.4 Å². The molecule has 2 rings (SSSR count). The van der Waals surface area contributed by atoms with Crippen LogP contribution in [-0.2, 0) is 0 Å². The molecule has 2 aliphatic rings. The number of allylic oxidation sites excluding steroid dienone is 6. The van der Waals surface area contributed by atoms with Gasteiger partial charge in [0.15, 0.2) is 0 Å². The molecular weight excluding hydrogens is 262 g/mol. The third-order valence-corrected chi connectivity index (χ3v) is 3.50. The minimum atomic E-state index is 0.777. The zero-order valence-electron chi connectivity index (χ0n) is 10.3. The minimum Gasteiger partial charge on any atom is -0.317 e. The molecule has 1 N–H and O–H groups in total. The molecule has 0 aromatic heterocycles. The fourth-order valence-corrected chi connectivity index (χ4v) is 2.40. The Bertz CT molecular complexity index is 283. The number of nitrogens with one attached hydrogen (secondary N) is 1. The first-order valence-electron chi connectivity index (χ1n) is 6.31. The third kappa shape index (κ3) is 4.26. The van der Waals surface area contributed by atoms with Gasteiger partial charge in [0.2, 0.25) is 0 Å². The average molecular weight is 284 g/mol. The standard InChI is InChI=1S/C12H16BrN.C2H6/c13-12-3-1-2-10(4-5-12)11-6-8-14-9-7-11;1-2/h2-5,11,14H,1,6-9H2;1-2H3. The van der Waals surface area contributed by atoms with Crippen LogP contribution in [0.15, 0.2) is 34.4 Å². The minimum absolute atomic E-state index is 0.777. The van der Waals surface area contributed by atoms with Gasteiger partial charge < -0.3 is 5.32 Å². The monoisotopic (exact) mass is 283 g/mol. The maximum absolute atomic E-state index is 3.52. The number of hydrogen-bond donors (Lipinski definition) is 1. The van der Waals surface area contributed by atoms with Crippen LogP contribution in [0.4, 0.5) is 0 Å². The molecule has 90 valence electrons. The third-order valence-electron chi connectivity index (χ3n) is 2.91. The summed E-state index contributed by atoms with van der Waals surface area (Å²) in [5, 5.41) is 3.40. The lowest BCUT2D eigenvalue weighted by Gasteiger charge is -2.23. The van der Waals surface area contributed by atoms with E-state index in [1.54, 1.807) is 0 Å². The van der Waals surface area contributed by atoms with Crippen LogP contribution in [0.3, 0.4) is 0 Å². The molecule has 1 aliphatic carbocycles. The van der Waals surface area contributed by atoms with E-state index in [9.17, 15) is 0 Å². The van der Waals surface area contributed by atoms with Crippen LogP contribution in [0, 0.1) is 5.92 Å². The molecule has 0 saturated carbocycles. The van der Waals surface area contributed by atoms with Crippen LogP contribution in [0.5, 0.6) is 0 Å². The summed E-state index contributed by atoms with van der Waals surface area (Å²) in [5.74, 6) is 0.777. The summed E-state index contributed by atoms with van der Waals surface area (Å²) >= 11 is 3.52. The highest BCUT2D eigenvalue weighted by Crippen LogP contribution is 2.26. The van der Waals surface area contributed by atoms with E-state index in [4.69, 9.17) is 0 Å². The van der Waals surface area contributed by atoms with E-state index in [1.165, 1.54) is 36.0 Å². The van der Waals surface area contributed by atoms with Crippen molar-refractivity contribution < 1.29 is 0 Å². The number of halogens is 1. The maximum Gasteiger partial charge on any atom is 0.0138 e. The molecule has 2 heteroatoms. The SMILES string of the molecule is BrC1=CCC=C(C2CCNCC2)C=C1.CC. The smallest absolute Gasteiger partial charge is 0.0138 e. The van der Waals surface area contributed by atoms with Crippen molar-refractivity contribution >= 4 is 15.9 Å². The Morgan fingerprint density at radius 1 is 1.12 bits per heavy atom. The molecule has 1 aliphatic heterocycles. The molecule has 0 bridgehead atoms. The van der Waals surface area contributed by atoms with Gasteiger partial charge in [-0.3, -0.25) is 0 Å². The predicted molar refractivity (Wildman–Crippen MR) is 75.8 cm³/mol. The van der Waals surface area contributed by atoms with Gasteiger partial charge >= 0.3 is 0 Å². The molecule has 0 aromatic carbocycles. The van der Waals surface area contributed by atoms with E-state index >= 15 is 0 Å². The van der Waals surface area contributed by atoms with Crippen LogP contribution in [0.25, 0.3) is 0 Å². The Balaban J connectivity index is 0.000000606. The van der Waals surface area contributed by atoms with Gasteiger partial charge in [-0.25, -0.2) is 0 Å². The highest BCUT2D eigenvalue weighted by atomic mass is 79.9. The second kappa shape index (κ2) is 7.86. The fraction of sp³-hybridized carbons (Fsp3) is 0.571. The van der Waals surface area contributed by atoms with Gasteiger partial charge in [-0.05, 0) is 49.9 Å². The first-order chi connectivity index (χ1) is 7.86. The Hall–Kier alpha value is -0.340. The number of piperidine rings is 1. The van der Waals surface area contributed by atoms with Crippen LogP contribution in [0.2, 0.25) is 0 Å². The van der Waals surface area contributed by atoms with Crippen molar-refractivity contribution in [2.45, 2.75) is 33.1 Å². The second-order valence-electron chi connectivity index (χ2n) is 3.89. The fourth-order valence-electron chi connectivity index (χ4n) is 2.08. The molecule has 16 heavy (non-hydrogen) atoms. The lowest BCUT2D eigenvalue weighted by molar-refractivity contribution is 0.425. The van der Waals surface area contributed by atoms with Gasteiger partial charge in [0.1, 0.15) is 0 Å². The molecular formula is C14H22BrN. The topological polar surface area (TPSA) is 12.0 Å². The summed E-state index contributed by atoms with van der Waals surface area (Å²) in [5.41, 5.74) is 1.53. The average Bonchev–Trinajstić information content (AvgIpc) is 2.58. The molecule has 1 nitrogen and oxygen atoms in total. The normalized spacial score (nSPS) is 21.4. The molecule has 1 fully saturated rings. The zero-order chi connectivity index (χ0) is 11.8. The predicted octanol–water partition coefficient (Wildman–Crippen LogP) is 4.18. The first-order valence-corrected chi connectivity index (χ1v) is 7.10. The molecule has 0 atom stereocenters. The summed E-state index contributed by atoms with van der Waals surface area (Å²) in [6.07, 6.45) is 12.6. The molecule has 0 aromatic rings. The van der Waals surface area contributed by atoms with Gasteiger partial charge in [0.25, 0.3) is 0 Å². The molecule has 0 unspecified atom stereocenters. The number of rotatable bonds is 1. The van der Waals surface area contributed by atoms with Crippen molar-refractivity contribution in [1.29, 1.82) is 0 Å². The van der Waals surface area contributed by atoms with Gasteiger partial charge in [-0.1, -0.05) is 48.0 Å². The van der Waals surface area contributed by atoms with E-state index in [-0.39, 0.29) is 0 Å². The van der Waals surface area contributed by atoms with E-state index in [1.807, 2.05) is 13.8 Å². The summed E-state index contributed by atoms with van der Waals surface area (Å²) in [4.78, 5) is 0. The molecule has 0 radical (unpaired) electrons. The van der Waals surface area contributed by atoms with E-state index in [0.717, 1.165) is 12.3 Å². The number of hydrogen-bond acceptors (Lipinski definition) is 1. The van der Waals surface area contributed by atoms with E-state index in [0.29, 0.717) is 0 Å². The molecule has 1 heterocycles. The maximum atomic E-state index is 3.52. The lowest BCUT2D eigenvalue weighted by atomic mass is 9.89. The Morgan fingerprint density at radius 3 is 2.50 bits per heavy atom. The highest BCUT2D eigenvalue weighted by Gasteiger charge is 2.15. The zero-order valence-corrected chi connectivity index (χ0v) is 11.9. The van der Waals surface area contributed by atoms with Crippen molar-refractivity contribution in [1.82, 2.24) is 5.32 Å². The Kier molecular flexibility index (Phi) is 6.74. The summed E-state index contributed by atoms with van der Waals surface area (Å²) < 4.78 is 1.21. The Labute approximate surface area is 108 Å². The summed E-state index contributed by atoms with van der Waals surface area (Å²) in [6, 6.07) is 0. The molecule has 0 amide bonds. The molecule has 0 spiro atoms. The van der Waals surface area contributed by atoms with Crippen LogP contribution < -0.4 is 5.32 Å². The second-order valence-corrected chi connectivity index (χ2v) is 4.80. The van der Waals surface area contributed by atoms with Crippen molar-refractivity contribution in [2.75, 3.05) is 13.1 Å². The lowest BCUT2D eigenvalue weighted by Crippen LogP contribution is -2.28. The van der Waals surface area contributed by atoms with E-state index < -0.39 is 0 Å². The first kappa shape index (κ1) is 13.7. The molecule has 1 saturated heterocycles. The van der Waals surface area contributed by atoms with Gasteiger partial charge in [-0.15, -0.1) is 0 Å². The van der Waals surface area contributed by atoms with Crippen LogP contribution in [-0.4, -0.2) is 13.1 Å². The van der Waals surface area contributed by atoms with Gasteiger partial charge in [0, 0.05) is 4.48 Å². The summed E-state index contributed by atoms with van der Waals surface area (Å²) in [6.45, 7) is 6.34. The van der Waals surface area contributed by atoms with Gasteiger partial charge in [0.05, 0.1) is 0 Å². The summed E-state index contributed by atoms with van der Waals surface area (Å²) in [7, 11) is 0. The van der Waals surface area contributed by atoms with Gasteiger partial charge in [-0.2, -0.15) is 0 Å². The quantitative estimate of drug-likeness (QED) is 0.761. The van der Waals surface area contributed by atoms with E-state index in [2.05, 4.69) is 45.6 Å². The van der Waals surface area contributed by atoms with Crippen molar-refractivity contribution in [3.8, 4) is 0 Å². The van der Waals surface area contributed by atoms with Crippen LogP contribution in [0.1, 0.15) is 33.1 Å². The Morgan fingerprint density at radius 2 is 1.81 bits per heavy atom. The largest absolute Gasteiger partial charge is 0.317 e.